The largest absolute Gasteiger partial charge is 0.445 e. The van der Waals surface area contributed by atoms with Crippen LogP contribution in [0.5, 0.6) is 0 Å². The average molecular weight is 448 g/mol. The van der Waals surface area contributed by atoms with Gasteiger partial charge in [0.1, 0.15) is 6.61 Å². The second kappa shape index (κ2) is 15.3. The zero-order chi connectivity index (χ0) is 23.2. The Kier molecular flexibility index (Phi) is 12.7. The molecule has 1 heterocycles. The van der Waals surface area contributed by atoms with Crippen LogP contribution >= 0.6 is 0 Å². The number of likely N-dealkylation sites (tertiary alicyclic amines) is 1. The molecule has 0 spiro atoms. The second-order valence-electron chi connectivity index (χ2n) is 9.48. The van der Waals surface area contributed by atoms with Crippen LogP contribution in [-0.4, -0.2) is 46.0 Å². The van der Waals surface area contributed by atoms with Crippen molar-refractivity contribution in [2.45, 2.75) is 116 Å². The molecule has 5 heteroatoms. The molecule has 0 radical (unpaired) electrons. The normalized spacial score (nSPS) is 21.6. The van der Waals surface area contributed by atoms with Gasteiger partial charge in [-0.3, -0.25) is 0 Å². The molecule has 1 aliphatic heterocycles. The Bertz CT molecular complexity index is 623. The Morgan fingerprint density at radius 2 is 1.56 bits per heavy atom. The lowest BCUT2D eigenvalue weighted by Crippen LogP contribution is -2.37. The molecule has 0 aliphatic carbocycles. The molecule has 2 rings (SSSR count). The van der Waals surface area contributed by atoms with Crippen molar-refractivity contribution in [2.75, 3.05) is 6.54 Å². The Hall–Kier alpha value is -1.59. The number of benzene rings is 1. The van der Waals surface area contributed by atoms with Crippen molar-refractivity contribution in [1.82, 2.24) is 4.90 Å². The molecule has 1 amide bonds. The maximum absolute atomic E-state index is 12.5. The summed E-state index contributed by atoms with van der Waals surface area (Å²) in [6.45, 7) is 4.63. The standard InChI is InChI=1S/C27H45NO4/c1-3-4-5-6-7-8-9-10-11-12-16-19-25(29)24-20-28(22(2)26(24)30)27(31)32-21-23-17-14-13-15-18-23/h13-15,17-18,22,24-26,29-30H,3-12,16,19-21H2,1-2H3/t22-,24-,25-,26+/m1/s1. The monoisotopic (exact) mass is 447 g/mol. The van der Waals surface area contributed by atoms with Crippen LogP contribution in [0.1, 0.15) is 96.5 Å². The minimum atomic E-state index is -0.720. The first-order valence-corrected chi connectivity index (χ1v) is 12.9. The van der Waals surface area contributed by atoms with E-state index in [1.54, 1.807) is 4.90 Å². The van der Waals surface area contributed by atoms with E-state index < -0.39 is 18.3 Å². The third kappa shape index (κ3) is 9.11. The molecule has 5 nitrogen and oxygen atoms in total. The fourth-order valence-electron chi connectivity index (χ4n) is 4.67. The van der Waals surface area contributed by atoms with Crippen molar-refractivity contribution < 1.29 is 19.7 Å². The van der Waals surface area contributed by atoms with Crippen LogP contribution in [0.2, 0.25) is 0 Å². The van der Waals surface area contributed by atoms with Gasteiger partial charge in [0.2, 0.25) is 0 Å². The van der Waals surface area contributed by atoms with Gasteiger partial charge in [0.05, 0.1) is 18.2 Å². The maximum Gasteiger partial charge on any atom is 0.410 e. The van der Waals surface area contributed by atoms with Crippen LogP contribution in [0.3, 0.4) is 0 Å². The molecule has 0 saturated carbocycles. The summed E-state index contributed by atoms with van der Waals surface area (Å²) >= 11 is 0. The summed E-state index contributed by atoms with van der Waals surface area (Å²) in [6.07, 6.45) is 13.0. The highest BCUT2D eigenvalue weighted by Crippen LogP contribution is 2.29. The lowest BCUT2D eigenvalue weighted by atomic mass is 9.92. The number of rotatable bonds is 15. The molecule has 1 aromatic carbocycles. The number of hydrogen-bond donors (Lipinski definition) is 2. The number of unbranched alkanes of at least 4 members (excludes halogenated alkanes) is 10. The minimum Gasteiger partial charge on any atom is -0.445 e. The van der Waals surface area contributed by atoms with E-state index in [-0.39, 0.29) is 18.6 Å². The van der Waals surface area contributed by atoms with Crippen molar-refractivity contribution in [3.05, 3.63) is 35.9 Å². The Morgan fingerprint density at radius 3 is 2.16 bits per heavy atom. The van der Waals surface area contributed by atoms with Crippen molar-refractivity contribution in [3.8, 4) is 0 Å². The SMILES string of the molecule is CCCCCCCCCCCCC[C@@H](O)[C@H]1CN(C(=O)OCc2ccccc2)[C@H](C)[C@@H]1O. The highest BCUT2D eigenvalue weighted by atomic mass is 16.6. The van der Waals surface area contributed by atoms with Crippen LogP contribution in [0, 0.1) is 5.92 Å². The van der Waals surface area contributed by atoms with Gasteiger partial charge in [-0.05, 0) is 18.9 Å². The summed E-state index contributed by atoms with van der Waals surface area (Å²) in [4.78, 5) is 14.1. The molecule has 0 bridgehead atoms. The van der Waals surface area contributed by atoms with Gasteiger partial charge in [0.25, 0.3) is 0 Å². The number of aliphatic hydroxyl groups is 2. The quantitative estimate of drug-likeness (QED) is 0.320. The van der Waals surface area contributed by atoms with Crippen molar-refractivity contribution >= 4 is 6.09 Å². The van der Waals surface area contributed by atoms with Gasteiger partial charge in [-0.1, -0.05) is 108 Å². The highest BCUT2D eigenvalue weighted by Gasteiger charge is 2.44. The highest BCUT2D eigenvalue weighted by molar-refractivity contribution is 5.68. The Labute approximate surface area is 195 Å². The molecule has 182 valence electrons. The Balaban J connectivity index is 1.59. The number of hydrogen-bond acceptors (Lipinski definition) is 4. The lowest BCUT2D eigenvalue weighted by molar-refractivity contribution is 0.0252. The van der Waals surface area contributed by atoms with Gasteiger partial charge in [0.15, 0.2) is 0 Å². The van der Waals surface area contributed by atoms with Crippen molar-refractivity contribution in [2.24, 2.45) is 5.92 Å². The van der Waals surface area contributed by atoms with E-state index in [1.165, 1.54) is 57.8 Å². The number of aliphatic hydroxyl groups excluding tert-OH is 2. The van der Waals surface area contributed by atoms with Crippen molar-refractivity contribution in [1.29, 1.82) is 0 Å². The molecule has 2 N–H and O–H groups in total. The van der Waals surface area contributed by atoms with Gasteiger partial charge >= 0.3 is 6.09 Å². The van der Waals surface area contributed by atoms with Gasteiger partial charge in [0, 0.05) is 12.5 Å². The third-order valence-corrected chi connectivity index (χ3v) is 6.87. The van der Waals surface area contributed by atoms with Crippen LogP contribution in [0.15, 0.2) is 30.3 Å². The van der Waals surface area contributed by atoms with Gasteiger partial charge in [-0.15, -0.1) is 0 Å². The molecule has 1 fully saturated rings. The van der Waals surface area contributed by atoms with E-state index in [2.05, 4.69) is 6.92 Å². The number of amides is 1. The zero-order valence-corrected chi connectivity index (χ0v) is 20.3. The van der Waals surface area contributed by atoms with E-state index in [9.17, 15) is 15.0 Å². The molecule has 0 aromatic heterocycles. The van der Waals surface area contributed by atoms with Crippen LogP contribution in [-0.2, 0) is 11.3 Å². The summed E-state index contributed by atoms with van der Waals surface area (Å²) < 4.78 is 5.43. The fourth-order valence-corrected chi connectivity index (χ4v) is 4.67. The van der Waals surface area contributed by atoms with Gasteiger partial charge in [-0.2, -0.15) is 0 Å². The first-order chi connectivity index (χ1) is 15.5. The van der Waals surface area contributed by atoms with E-state index in [0.29, 0.717) is 13.0 Å². The first-order valence-electron chi connectivity index (χ1n) is 12.9. The molecule has 4 atom stereocenters. The summed E-state index contributed by atoms with van der Waals surface area (Å²) in [5.74, 6) is -0.308. The van der Waals surface area contributed by atoms with Crippen LogP contribution < -0.4 is 0 Å². The Morgan fingerprint density at radius 1 is 1.00 bits per heavy atom. The van der Waals surface area contributed by atoms with E-state index in [4.69, 9.17) is 4.74 Å². The molecular formula is C27H45NO4. The minimum absolute atomic E-state index is 0.213. The van der Waals surface area contributed by atoms with E-state index in [1.807, 2.05) is 37.3 Å². The first kappa shape index (κ1) is 26.7. The van der Waals surface area contributed by atoms with Gasteiger partial charge in [-0.25, -0.2) is 4.79 Å². The number of ether oxygens (including phenoxy) is 1. The third-order valence-electron chi connectivity index (χ3n) is 6.87. The van der Waals surface area contributed by atoms with Crippen LogP contribution in [0.4, 0.5) is 4.79 Å². The van der Waals surface area contributed by atoms with E-state index >= 15 is 0 Å². The molecular weight excluding hydrogens is 402 g/mol. The van der Waals surface area contributed by atoms with E-state index in [0.717, 1.165) is 18.4 Å². The number of carbonyl (C=O) groups is 1. The van der Waals surface area contributed by atoms with Gasteiger partial charge < -0.3 is 19.8 Å². The summed E-state index contributed by atoms with van der Waals surface area (Å²) in [7, 11) is 0. The molecule has 1 aromatic rings. The summed E-state index contributed by atoms with van der Waals surface area (Å²) in [5, 5.41) is 21.2. The average Bonchev–Trinajstić information content (AvgIpc) is 3.11. The summed E-state index contributed by atoms with van der Waals surface area (Å²) in [6, 6.07) is 9.21. The molecule has 1 saturated heterocycles. The second-order valence-corrected chi connectivity index (χ2v) is 9.48. The summed E-state index contributed by atoms with van der Waals surface area (Å²) in [5.41, 5.74) is 0.932. The predicted octanol–water partition coefficient (Wildman–Crippen LogP) is 6.07. The van der Waals surface area contributed by atoms with Crippen LogP contribution in [0.25, 0.3) is 0 Å². The van der Waals surface area contributed by atoms with Crippen molar-refractivity contribution in [3.63, 3.8) is 0 Å². The fraction of sp³-hybridized carbons (Fsp3) is 0.741. The molecule has 1 aliphatic rings. The number of nitrogens with zero attached hydrogens (tertiary/aromatic N) is 1. The molecule has 32 heavy (non-hydrogen) atoms. The number of carbonyl (C=O) groups excluding carboxylic acids is 1. The maximum atomic E-state index is 12.5. The molecule has 0 unspecified atom stereocenters. The topological polar surface area (TPSA) is 70.0 Å². The smallest absolute Gasteiger partial charge is 0.410 e. The predicted molar refractivity (Wildman–Crippen MR) is 129 cm³/mol. The zero-order valence-electron chi connectivity index (χ0n) is 20.3. The lowest BCUT2D eigenvalue weighted by Gasteiger charge is -2.22.